The van der Waals surface area contributed by atoms with Crippen LogP contribution in [0.4, 0.5) is 0 Å². The normalized spacial score (nSPS) is 10.8. The van der Waals surface area contributed by atoms with Crippen LogP contribution in [0.3, 0.4) is 0 Å². The topological polar surface area (TPSA) is 75.2 Å². The smallest absolute Gasteiger partial charge is 0.204 e. The molecule has 0 aliphatic carbocycles. The molecule has 0 spiro atoms. The summed E-state index contributed by atoms with van der Waals surface area (Å²) < 4.78 is 6.00. The summed E-state index contributed by atoms with van der Waals surface area (Å²) in [7, 11) is 0. The van der Waals surface area contributed by atoms with Gasteiger partial charge in [0, 0.05) is 21.2 Å². The highest BCUT2D eigenvalue weighted by Crippen LogP contribution is 2.37. The molecule has 0 saturated carbocycles. The summed E-state index contributed by atoms with van der Waals surface area (Å²) in [5.74, 6) is -0.343. The van der Waals surface area contributed by atoms with Gasteiger partial charge in [-0.15, -0.1) is 0 Å². The van der Waals surface area contributed by atoms with Crippen molar-refractivity contribution in [1.29, 1.82) is 0 Å². The van der Waals surface area contributed by atoms with E-state index in [1.54, 1.807) is 60.7 Å². The van der Waals surface area contributed by atoms with Crippen molar-refractivity contribution in [2.75, 3.05) is 0 Å². The molecule has 0 aliphatic rings. The van der Waals surface area contributed by atoms with E-state index in [-0.39, 0.29) is 23.7 Å². The van der Waals surface area contributed by atoms with Crippen molar-refractivity contribution in [3.8, 4) is 34.0 Å². The lowest BCUT2D eigenvalue weighted by molar-refractivity contribution is 0.103. The van der Waals surface area contributed by atoms with Gasteiger partial charge in [-0.05, 0) is 42.0 Å². The van der Waals surface area contributed by atoms with E-state index < -0.39 is 5.78 Å². The number of aromatic nitrogens is 2. The first kappa shape index (κ1) is 23.7. The number of ether oxygens (including phenoxy) is 1. The highest BCUT2D eigenvalue weighted by atomic mass is 35.5. The maximum Gasteiger partial charge on any atom is 0.204 e. The zero-order valence-corrected chi connectivity index (χ0v) is 20.4. The Labute approximate surface area is 217 Å². The van der Waals surface area contributed by atoms with Gasteiger partial charge in [-0.3, -0.25) is 9.89 Å². The van der Waals surface area contributed by atoms with E-state index in [0.29, 0.717) is 32.6 Å². The molecule has 1 aromatic heterocycles. The maximum atomic E-state index is 14.1. The van der Waals surface area contributed by atoms with Gasteiger partial charge in [0.25, 0.3) is 0 Å². The highest BCUT2D eigenvalue weighted by Gasteiger charge is 2.28. The Morgan fingerprint density at radius 1 is 0.778 bits per heavy atom. The Hall–Kier alpha value is -4.06. The predicted molar refractivity (Wildman–Crippen MR) is 142 cm³/mol. The van der Waals surface area contributed by atoms with Crippen LogP contribution >= 0.6 is 23.2 Å². The monoisotopic (exact) mass is 514 g/mol. The summed E-state index contributed by atoms with van der Waals surface area (Å²) >= 11 is 12.2. The van der Waals surface area contributed by atoms with Crippen LogP contribution in [-0.2, 0) is 6.61 Å². The van der Waals surface area contributed by atoms with Crippen molar-refractivity contribution in [3.05, 3.63) is 124 Å². The number of carbonyl (C=O) groups is 1. The van der Waals surface area contributed by atoms with Crippen LogP contribution in [0.5, 0.6) is 11.5 Å². The van der Waals surface area contributed by atoms with Crippen LogP contribution in [-0.4, -0.2) is 21.1 Å². The van der Waals surface area contributed by atoms with Gasteiger partial charge >= 0.3 is 0 Å². The first-order valence-electron chi connectivity index (χ1n) is 11.1. The molecule has 7 heteroatoms. The number of carbonyl (C=O) groups excluding carboxylic acids is 1. The van der Waals surface area contributed by atoms with Gasteiger partial charge < -0.3 is 9.84 Å². The molecule has 36 heavy (non-hydrogen) atoms. The predicted octanol–water partition coefficient (Wildman–Crippen LogP) is 7.57. The molecule has 5 nitrogen and oxygen atoms in total. The molecule has 5 aromatic rings. The lowest BCUT2D eigenvalue weighted by Crippen LogP contribution is -2.08. The number of nitrogens with one attached hydrogen (secondary N) is 1. The SMILES string of the molecule is O=C(c1c(O)cccc1OCc1ccccc1)c1c(-c2ccc(Cl)cc2)n[nH]c1-c1ccc(Cl)cc1. The van der Waals surface area contributed by atoms with Gasteiger partial charge in [0.15, 0.2) is 0 Å². The molecule has 0 bridgehead atoms. The molecule has 5 rings (SSSR count). The Morgan fingerprint density at radius 2 is 1.42 bits per heavy atom. The number of aromatic hydroxyl groups is 1. The minimum absolute atomic E-state index is 0.0558. The summed E-state index contributed by atoms with van der Waals surface area (Å²) in [6.45, 7) is 0.240. The van der Waals surface area contributed by atoms with Gasteiger partial charge in [-0.2, -0.15) is 5.10 Å². The number of benzene rings is 4. The average molecular weight is 515 g/mol. The molecule has 0 atom stereocenters. The van der Waals surface area contributed by atoms with Crippen LogP contribution in [0.1, 0.15) is 21.5 Å². The largest absolute Gasteiger partial charge is 0.507 e. The zero-order valence-electron chi connectivity index (χ0n) is 18.9. The summed E-state index contributed by atoms with van der Waals surface area (Å²) in [5.41, 5.74) is 3.63. The van der Waals surface area contributed by atoms with Crippen LogP contribution in [0.2, 0.25) is 10.0 Å². The van der Waals surface area contributed by atoms with E-state index in [2.05, 4.69) is 10.2 Å². The Kier molecular flexibility index (Phi) is 6.76. The maximum absolute atomic E-state index is 14.1. The van der Waals surface area contributed by atoms with E-state index in [1.165, 1.54) is 6.07 Å². The number of hydrogen-bond donors (Lipinski definition) is 2. The van der Waals surface area contributed by atoms with Crippen molar-refractivity contribution >= 4 is 29.0 Å². The molecule has 2 N–H and O–H groups in total. The minimum atomic E-state index is -0.431. The lowest BCUT2D eigenvalue weighted by atomic mass is 9.94. The highest BCUT2D eigenvalue weighted by molar-refractivity contribution is 6.31. The van der Waals surface area contributed by atoms with Crippen molar-refractivity contribution in [2.45, 2.75) is 6.61 Å². The molecule has 178 valence electrons. The molecule has 0 aliphatic heterocycles. The number of hydrogen-bond acceptors (Lipinski definition) is 4. The van der Waals surface area contributed by atoms with E-state index in [0.717, 1.165) is 11.1 Å². The Balaban J connectivity index is 1.63. The fourth-order valence-corrected chi connectivity index (χ4v) is 4.19. The number of nitrogens with zero attached hydrogens (tertiary/aromatic N) is 1. The second kappa shape index (κ2) is 10.3. The van der Waals surface area contributed by atoms with Gasteiger partial charge in [-0.1, -0.05) is 83.9 Å². The van der Waals surface area contributed by atoms with Crippen LogP contribution < -0.4 is 4.74 Å². The molecule has 0 unspecified atom stereocenters. The van der Waals surface area contributed by atoms with E-state index in [9.17, 15) is 9.90 Å². The van der Waals surface area contributed by atoms with Crippen LogP contribution in [0.25, 0.3) is 22.5 Å². The lowest BCUT2D eigenvalue weighted by Gasteiger charge is -2.14. The average Bonchev–Trinajstić information content (AvgIpc) is 3.34. The number of phenolic OH excluding ortho intramolecular Hbond substituents is 1. The Bertz CT molecular complexity index is 1450. The molecular weight excluding hydrogens is 495 g/mol. The van der Waals surface area contributed by atoms with Gasteiger partial charge in [0.05, 0.1) is 11.3 Å². The molecule has 4 aromatic carbocycles. The van der Waals surface area contributed by atoms with Crippen molar-refractivity contribution < 1.29 is 14.6 Å². The fraction of sp³-hybridized carbons (Fsp3) is 0.0345. The van der Waals surface area contributed by atoms with Crippen LogP contribution in [0.15, 0.2) is 97.1 Å². The molecule has 0 fully saturated rings. The second-order valence-electron chi connectivity index (χ2n) is 8.09. The molecular formula is C29H20Cl2N2O3. The van der Waals surface area contributed by atoms with Crippen molar-refractivity contribution in [2.24, 2.45) is 0 Å². The molecule has 0 saturated heterocycles. The number of ketones is 1. The van der Waals surface area contributed by atoms with E-state index in [1.807, 2.05) is 30.3 Å². The summed E-state index contributed by atoms with van der Waals surface area (Å²) in [6, 6.07) is 28.5. The number of H-pyrrole nitrogens is 1. The standard InChI is InChI=1S/C29H20Cl2N2O3/c30-21-13-9-19(10-14-21)27-26(28(33-32-27)20-11-15-22(31)16-12-20)29(35)25-23(34)7-4-8-24(25)36-17-18-5-2-1-3-6-18/h1-16,34H,17H2,(H,32,33). The first-order chi connectivity index (χ1) is 17.5. The third kappa shape index (κ3) is 4.85. The summed E-state index contributed by atoms with van der Waals surface area (Å²) in [5, 5.41) is 19.4. The molecule has 1 heterocycles. The van der Waals surface area contributed by atoms with Crippen molar-refractivity contribution in [1.82, 2.24) is 10.2 Å². The summed E-state index contributed by atoms with van der Waals surface area (Å²) in [6.07, 6.45) is 0. The third-order valence-electron chi connectivity index (χ3n) is 5.71. The van der Waals surface area contributed by atoms with Gasteiger partial charge in [0.1, 0.15) is 29.4 Å². The number of aromatic amines is 1. The van der Waals surface area contributed by atoms with E-state index >= 15 is 0 Å². The Morgan fingerprint density at radius 3 is 2.08 bits per heavy atom. The third-order valence-corrected chi connectivity index (χ3v) is 6.22. The molecule has 0 amide bonds. The quantitative estimate of drug-likeness (QED) is 0.219. The number of halogens is 2. The van der Waals surface area contributed by atoms with Gasteiger partial charge in [-0.25, -0.2) is 0 Å². The fourth-order valence-electron chi connectivity index (χ4n) is 3.93. The summed E-state index contributed by atoms with van der Waals surface area (Å²) in [4.78, 5) is 14.1. The van der Waals surface area contributed by atoms with Crippen LogP contribution in [0, 0.1) is 0 Å². The van der Waals surface area contributed by atoms with Gasteiger partial charge in [0.2, 0.25) is 5.78 Å². The zero-order chi connectivity index (χ0) is 25.1. The number of phenols is 1. The van der Waals surface area contributed by atoms with Crippen molar-refractivity contribution in [3.63, 3.8) is 0 Å². The van der Waals surface area contributed by atoms with E-state index in [4.69, 9.17) is 27.9 Å². The molecule has 0 radical (unpaired) electrons. The number of rotatable bonds is 7. The minimum Gasteiger partial charge on any atom is -0.507 e. The second-order valence-corrected chi connectivity index (χ2v) is 8.96. The first-order valence-corrected chi connectivity index (χ1v) is 11.9.